The SMILES string of the molecule is COc1ccc(C(=O)N2CCC[C@H](Cc3nc(C4CC4)no3)C2)cc1F. The Labute approximate surface area is 151 Å². The van der Waals surface area contributed by atoms with Crippen LogP contribution in [0.15, 0.2) is 22.7 Å². The van der Waals surface area contributed by atoms with Gasteiger partial charge in [0.25, 0.3) is 5.91 Å². The fraction of sp³-hybridized carbons (Fsp3) is 0.526. The largest absolute Gasteiger partial charge is 0.494 e. The molecule has 0 spiro atoms. The van der Waals surface area contributed by atoms with Crippen LogP contribution in [0.4, 0.5) is 4.39 Å². The monoisotopic (exact) mass is 359 g/mol. The Balaban J connectivity index is 1.40. The fourth-order valence-corrected chi connectivity index (χ4v) is 3.50. The second kappa shape index (κ2) is 7.05. The van der Waals surface area contributed by atoms with E-state index in [1.54, 1.807) is 11.0 Å². The highest BCUT2D eigenvalue weighted by molar-refractivity contribution is 5.94. The quantitative estimate of drug-likeness (QED) is 0.820. The Morgan fingerprint density at radius 2 is 2.23 bits per heavy atom. The summed E-state index contributed by atoms with van der Waals surface area (Å²) >= 11 is 0. The molecule has 1 aliphatic carbocycles. The molecule has 26 heavy (non-hydrogen) atoms. The van der Waals surface area contributed by atoms with Gasteiger partial charge in [0, 0.05) is 31.0 Å². The molecule has 1 amide bonds. The van der Waals surface area contributed by atoms with Crippen LogP contribution in [0.2, 0.25) is 0 Å². The van der Waals surface area contributed by atoms with Crippen molar-refractivity contribution in [2.45, 2.75) is 38.0 Å². The number of rotatable bonds is 5. The lowest BCUT2D eigenvalue weighted by molar-refractivity contribution is 0.0667. The second-order valence-corrected chi connectivity index (χ2v) is 7.13. The number of methoxy groups -OCH3 is 1. The molecule has 0 unspecified atom stereocenters. The summed E-state index contributed by atoms with van der Waals surface area (Å²) in [5.74, 6) is 1.69. The topological polar surface area (TPSA) is 68.5 Å². The lowest BCUT2D eigenvalue weighted by Crippen LogP contribution is -2.40. The van der Waals surface area contributed by atoms with Gasteiger partial charge in [-0.2, -0.15) is 4.98 Å². The number of amides is 1. The summed E-state index contributed by atoms with van der Waals surface area (Å²) < 4.78 is 24.2. The van der Waals surface area contributed by atoms with Crippen molar-refractivity contribution in [1.29, 1.82) is 0 Å². The zero-order valence-electron chi connectivity index (χ0n) is 14.8. The maximum atomic E-state index is 13.9. The molecule has 1 saturated heterocycles. The highest BCUT2D eigenvalue weighted by Crippen LogP contribution is 2.38. The van der Waals surface area contributed by atoms with Gasteiger partial charge in [-0.1, -0.05) is 5.16 Å². The molecule has 0 bridgehead atoms. The summed E-state index contributed by atoms with van der Waals surface area (Å²) in [4.78, 5) is 19.0. The molecule has 1 saturated carbocycles. The van der Waals surface area contributed by atoms with Crippen molar-refractivity contribution in [2.24, 2.45) is 5.92 Å². The first-order chi connectivity index (χ1) is 12.6. The van der Waals surface area contributed by atoms with E-state index in [1.165, 1.54) is 19.2 Å². The van der Waals surface area contributed by atoms with Crippen LogP contribution in [0.3, 0.4) is 0 Å². The molecule has 0 radical (unpaired) electrons. The van der Waals surface area contributed by atoms with Gasteiger partial charge in [-0.05, 0) is 49.8 Å². The van der Waals surface area contributed by atoms with Gasteiger partial charge < -0.3 is 14.2 Å². The van der Waals surface area contributed by atoms with Crippen molar-refractivity contribution in [3.05, 3.63) is 41.3 Å². The summed E-state index contributed by atoms with van der Waals surface area (Å²) in [7, 11) is 1.40. The van der Waals surface area contributed by atoms with Crippen molar-refractivity contribution >= 4 is 5.91 Å². The van der Waals surface area contributed by atoms with Crippen LogP contribution in [0.1, 0.15) is 53.7 Å². The van der Waals surface area contributed by atoms with Crippen LogP contribution in [0.5, 0.6) is 5.75 Å². The number of hydrogen-bond acceptors (Lipinski definition) is 5. The van der Waals surface area contributed by atoms with Crippen LogP contribution >= 0.6 is 0 Å². The number of carbonyl (C=O) groups excluding carboxylic acids is 1. The zero-order valence-corrected chi connectivity index (χ0v) is 14.8. The first-order valence-corrected chi connectivity index (χ1v) is 9.09. The highest BCUT2D eigenvalue weighted by Gasteiger charge is 2.30. The molecule has 2 aliphatic rings. The van der Waals surface area contributed by atoms with E-state index in [0.717, 1.165) is 31.5 Å². The predicted molar refractivity (Wildman–Crippen MR) is 91.6 cm³/mol. The van der Waals surface area contributed by atoms with Gasteiger partial charge in [0.1, 0.15) is 0 Å². The molecule has 1 atom stereocenters. The molecule has 1 aromatic carbocycles. The number of likely N-dealkylation sites (tertiary alicyclic amines) is 1. The van der Waals surface area contributed by atoms with Gasteiger partial charge in [0.05, 0.1) is 7.11 Å². The first kappa shape index (κ1) is 17.0. The third-order valence-corrected chi connectivity index (χ3v) is 5.09. The molecule has 2 aromatic rings. The third kappa shape index (κ3) is 3.57. The molecular weight excluding hydrogens is 337 g/mol. The van der Waals surface area contributed by atoms with E-state index in [9.17, 15) is 9.18 Å². The number of aromatic nitrogens is 2. The molecule has 4 rings (SSSR count). The Morgan fingerprint density at radius 1 is 1.38 bits per heavy atom. The number of hydrogen-bond donors (Lipinski definition) is 0. The van der Waals surface area contributed by atoms with Crippen LogP contribution in [0, 0.1) is 11.7 Å². The molecule has 7 heteroatoms. The van der Waals surface area contributed by atoms with Crippen molar-refractivity contribution in [2.75, 3.05) is 20.2 Å². The minimum absolute atomic E-state index is 0.140. The Morgan fingerprint density at radius 3 is 2.96 bits per heavy atom. The number of ether oxygens (including phenoxy) is 1. The van der Waals surface area contributed by atoms with Gasteiger partial charge in [0.2, 0.25) is 5.89 Å². The average Bonchev–Trinajstić information content (AvgIpc) is 3.41. The van der Waals surface area contributed by atoms with Crippen molar-refractivity contribution < 1.29 is 18.4 Å². The Hall–Kier alpha value is -2.44. The molecule has 6 nitrogen and oxygen atoms in total. The van der Waals surface area contributed by atoms with Crippen molar-refractivity contribution in [3.63, 3.8) is 0 Å². The van der Waals surface area contributed by atoms with Crippen LogP contribution < -0.4 is 4.74 Å². The van der Waals surface area contributed by atoms with E-state index < -0.39 is 5.82 Å². The molecule has 1 aromatic heterocycles. The van der Waals surface area contributed by atoms with Crippen molar-refractivity contribution in [1.82, 2.24) is 15.0 Å². The number of nitrogens with zero attached hydrogens (tertiary/aromatic N) is 3. The van der Waals surface area contributed by atoms with E-state index in [1.807, 2.05) is 0 Å². The molecular formula is C19H22FN3O3. The van der Waals surface area contributed by atoms with Gasteiger partial charge in [0.15, 0.2) is 17.4 Å². The van der Waals surface area contributed by atoms with Gasteiger partial charge in [-0.25, -0.2) is 4.39 Å². The maximum Gasteiger partial charge on any atom is 0.253 e. The molecule has 1 aliphatic heterocycles. The summed E-state index contributed by atoms with van der Waals surface area (Å²) in [5.41, 5.74) is 0.345. The minimum Gasteiger partial charge on any atom is -0.494 e. The fourth-order valence-electron chi connectivity index (χ4n) is 3.50. The average molecular weight is 359 g/mol. The molecule has 2 fully saturated rings. The maximum absolute atomic E-state index is 13.9. The lowest BCUT2D eigenvalue weighted by Gasteiger charge is -2.32. The standard InChI is InChI=1S/C19H22FN3O3/c1-25-16-7-6-14(10-15(16)20)19(24)23-8-2-3-12(11-23)9-17-21-18(22-26-17)13-4-5-13/h6-7,10,12-13H,2-5,8-9,11H2,1H3/t12-/m1/s1. The van der Waals surface area contributed by atoms with Crippen LogP contribution in [0.25, 0.3) is 0 Å². The second-order valence-electron chi connectivity index (χ2n) is 7.13. The highest BCUT2D eigenvalue weighted by atomic mass is 19.1. The summed E-state index contributed by atoms with van der Waals surface area (Å²) in [6, 6.07) is 4.33. The predicted octanol–water partition coefficient (Wildman–Crippen LogP) is 3.19. The summed E-state index contributed by atoms with van der Waals surface area (Å²) in [6.45, 7) is 1.30. The van der Waals surface area contributed by atoms with Gasteiger partial charge in [-0.15, -0.1) is 0 Å². The summed E-state index contributed by atoms with van der Waals surface area (Å²) in [6.07, 6.45) is 4.90. The van der Waals surface area contributed by atoms with Gasteiger partial charge in [-0.3, -0.25) is 4.79 Å². The third-order valence-electron chi connectivity index (χ3n) is 5.09. The van der Waals surface area contributed by atoms with Gasteiger partial charge >= 0.3 is 0 Å². The van der Waals surface area contributed by atoms with Crippen molar-refractivity contribution in [3.8, 4) is 5.75 Å². The van der Waals surface area contributed by atoms with E-state index in [0.29, 0.717) is 36.9 Å². The molecule has 138 valence electrons. The molecule has 0 N–H and O–H groups in total. The van der Waals surface area contributed by atoms with E-state index >= 15 is 0 Å². The molecule has 2 heterocycles. The van der Waals surface area contributed by atoms with Crippen LogP contribution in [-0.2, 0) is 6.42 Å². The number of carbonyl (C=O) groups is 1. The number of benzene rings is 1. The van der Waals surface area contributed by atoms with E-state index in [4.69, 9.17) is 9.26 Å². The Bertz CT molecular complexity index is 803. The zero-order chi connectivity index (χ0) is 18.1. The first-order valence-electron chi connectivity index (χ1n) is 9.09. The van der Waals surface area contributed by atoms with E-state index in [2.05, 4.69) is 10.1 Å². The lowest BCUT2D eigenvalue weighted by atomic mass is 9.94. The smallest absolute Gasteiger partial charge is 0.253 e. The van der Waals surface area contributed by atoms with E-state index in [-0.39, 0.29) is 17.6 Å². The number of piperidine rings is 1. The normalized spacial score (nSPS) is 20.2. The number of halogens is 1. The minimum atomic E-state index is -0.523. The Kier molecular flexibility index (Phi) is 4.61. The van der Waals surface area contributed by atoms with Crippen LogP contribution in [-0.4, -0.2) is 41.1 Å². The summed E-state index contributed by atoms with van der Waals surface area (Å²) in [5, 5.41) is 4.05.